The summed E-state index contributed by atoms with van der Waals surface area (Å²) in [7, 11) is -3.18. The van der Waals surface area contributed by atoms with Gasteiger partial charge in [0.25, 0.3) is 0 Å². The van der Waals surface area contributed by atoms with Crippen molar-refractivity contribution in [3.8, 4) is 0 Å². The van der Waals surface area contributed by atoms with Crippen LogP contribution in [0.25, 0.3) is 0 Å². The number of piperazine rings is 1. The Kier molecular flexibility index (Phi) is 4.82. The summed E-state index contributed by atoms with van der Waals surface area (Å²) in [6.07, 6.45) is 2.91. The molecule has 0 radical (unpaired) electrons. The number of rotatable bonds is 3. The number of sulfonamides is 1. The molecule has 1 aliphatic carbocycles. The third-order valence-electron chi connectivity index (χ3n) is 5.28. The second kappa shape index (κ2) is 7.00. The Morgan fingerprint density at radius 1 is 1.11 bits per heavy atom. The van der Waals surface area contributed by atoms with Crippen LogP contribution in [-0.4, -0.2) is 55.1 Å². The van der Waals surface area contributed by atoms with Gasteiger partial charge in [-0.15, -0.1) is 0 Å². The number of hydrogen-bond donors (Lipinski definition) is 0. The Morgan fingerprint density at radius 3 is 2.41 bits per heavy atom. The summed E-state index contributed by atoms with van der Waals surface area (Å²) in [6.45, 7) is 1.98. The van der Waals surface area contributed by atoms with Gasteiger partial charge >= 0.3 is 0 Å². The minimum atomic E-state index is -3.18. The van der Waals surface area contributed by atoms with Crippen LogP contribution in [0.2, 0.25) is 5.28 Å². The van der Waals surface area contributed by atoms with Gasteiger partial charge in [0, 0.05) is 37.7 Å². The first-order valence-corrected chi connectivity index (χ1v) is 11.1. The van der Waals surface area contributed by atoms with Crippen LogP contribution in [0.3, 0.4) is 0 Å². The second-order valence-electron chi connectivity index (χ2n) is 6.97. The molecule has 6 nitrogen and oxygen atoms in total. The van der Waals surface area contributed by atoms with Gasteiger partial charge in [-0.25, -0.2) is 22.8 Å². The SMILES string of the molecule is CS(=O)(=O)N1CCN(c2nc(Cl)nc3c2CCC3c2ccc(F)cc2)CC1. The van der Waals surface area contributed by atoms with Crippen LogP contribution in [0.5, 0.6) is 0 Å². The molecule has 27 heavy (non-hydrogen) atoms. The van der Waals surface area contributed by atoms with Crippen molar-refractivity contribution in [3.05, 3.63) is 52.2 Å². The van der Waals surface area contributed by atoms with E-state index in [2.05, 4.69) is 14.9 Å². The molecule has 1 aromatic heterocycles. The van der Waals surface area contributed by atoms with Crippen LogP contribution in [-0.2, 0) is 16.4 Å². The number of anilines is 1. The zero-order valence-corrected chi connectivity index (χ0v) is 16.5. The standard InChI is InChI=1S/C18H20ClFN4O2S/c1-27(25,26)24-10-8-23(9-11-24)17-15-7-6-14(16(15)21-18(19)22-17)12-2-4-13(20)5-3-12/h2-5,14H,6-11H2,1H3. The molecule has 1 aromatic carbocycles. The van der Waals surface area contributed by atoms with Gasteiger partial charge in [0.05, 0.1) is 11.9 Å². The van der Waals surface area contributed by atoms with Crippen LogP contribution in [0, 0.1) is 5.82 Å². The van der Waals surface area contributed by atoms with Crippen molar-refractivity contribution in [2.75, 3.05) is 37.3 Å². The van der Waals surface area contributed by atoms with E-state index >= 15 is 0 Å². The molecule has 0 spiro atoms. The monoisotopic (exact) mass is 410 g/mol. The molecule has 1 aliphatic heterocycles. The lowest BCUT2D eigenvalue weighted by atomic mass is 9.97. The van der Waals surface area contributed by atoms with E-state index in [-0.39, 0.29) is 17.0 Å². The summed E-state index contributed by atoms with van der Waals surface area (Å²) in [5.74, 6) is 0.599. The Morgan fingerprint density at radius 2 is 1.78 bits per heavy atom. The molecular formula is C18H20ClFN4O2S. The zero-order valence-electron chi connectivity index (χ0n) is 14.9. The third kappa shape index (κ3) is 3.66. The first-order valence-electron chi connectivity index (χ1n) is 8.85. The molecule has 2 aliphatic rings. The molecule has 1 fully saturated rings. The van der Waals surface area contributed by atoms with Gasteiger partial charge in [-0.05, 0) is 42.1 Å². The molecule has 0 saturated carbocycles. The van der Waals surface area contributed by atoms with Gasteiger partial charge in [0.15, 0.2) is 0 Å². The van der Waals surface area contributed by atoms with E-state index in [0.717, 1.165) is 35.5 Å². The van der Waals surface area contributed by atoms with Crippen molar-refractivity contribution in [1.29, 1.82) is 0 Å². The molecule has 1 saturated heterocycles. The predicted octanol–water partition coefficient (Wildman–Crippen LogP) is 2.43. The van der Waals surface area contributed by atoms with Crippen LogP contribution in [0.15, 0.2) is 24.3 Å². The van der Waals surface area contributed by atoms with Gasteiger partial charge < -0.3 is 4.90 Å². The minimum Gasteiger partial charge on any atom is -0.354 e. The number of halogens is 2. The molecule has 4 rings (SSSR count). The quantitative estimate of drug-likeness (QED) is 0.727. The van der Waals surface area contributed by atoms with Crippen molar-refractivity contribution in [1.82, 2.24) is 14.3 Å². The Bertz CT molecular complexity index is 960. The number of fused-ring (bicyclic) bond motifs is 1. The molecule has 1 atom stereocenters. The molecule has 1 unspecified atom stereocenters. The van der Waals surface area contributed by atoms with E-state index in [1.807, 2.05) is 0 Å². The number of aromatic nitrogens is 2. The first-order chi connectivity index (χ1) is 12.8. The average molecular weight is 411 g/mol. The maximum atomic E-state index is 13.3. The molecular weight excluding hydrogens is 391 g/mol. The maximum absolute atomic E-state index is 13.3. The number of benzene rings is 1. The van der Waals surface area contributed by atoms with Crippen molar-refractivity contribution in [3.63, 3.8) is 0 Å². The Hall–Kier alpha value is -1.77. The number of hydrogen-bond acceptors (Lipinski definition) is 5. The van der Waals surface area contributed by atoms with E-state index in [9.17, 15) is 12.8 Å². The number of nitrogens with zero attached hydrogens (tertiary/aromatic N) is 4. The normalized spacial score (nSPS) is 20.7. The lowest BCUT2D eigenvalue weighted by Crippen LogP contribution is -2.48. The Labute approximate surface area is 163 Å². The van der Waals surface area contributed by atoms with Gasteiger partial charge in [0.1, 0.15) is 11.6 Å². The summed E-state index contributed by atoms with van der Waals surface area (Å²) >= 11 is 6.21. The first kappa shape index (κ1) is 18.6. The molecule has 2 heterocycles. The summed E-state index contributed by atoms with van der Waals surface area (Å²) < 4.78 is 38.2. The fraction of sp³-hybridized carbons (Fsp3) is 0.444. The highest BCUT2D eigenvalue weighted by molar-refractivity contribution is 7.88. The van der Waals surface area contributed by atoms with Gasteiger partial charge in [-0.3, -0.25) is 0 Å². The second-order valence-corrected chi connectivity index (χ2v) is 9.29. The van der Waals surface area contributed by atoms with Gasteiger partial charge in [-0.2, -0.15) is 4.31 Å². The van der Waals surface area contributed by atoms with Crippen LogP contribution in [0.1, 0.15) is 29.2 Å². The highest BCUT2D eigenvalue weighted by Gasteiger charge is 2.32. The topological polar surface area (TPSA) is 66.4 Å². The van der Waals surface area contributed by atoms with E-state index in [1.54, 1.807) is 12.1 Å². The molecule has 0 N–H and O–H groups in total. The smallest absolute Gasteiger partial charge is 0.224 e. The lowest BCUT2D eigenvalue weighted by Gasteiger charge is -2.34. The van der Waals surface area contributed by atoms with E-state index < -0.39 is 10.0 Å². The van der Waals surface area contributed by atoms with Crippen molar-refractivity contribution in [2.24, 2.45) is 0 Å². The lowest BCUT2D eigenvalue weighted by molar-refractivity contribution is 0.386. The van der Waals surface area contributed by atoms with Crippen molar-refractivity contribution < 1.29 is 12.8 Å². The predicted molar refractivity (Wildman–Crippen MR) is 102 cm³/mol. The molecule has 144 valence electrons. The van der Waals surface area contributed by atoms with Crippen LogP contribution < -0.4 is 4.90 Å². The van der Waals surface area contributed by atoms with Crippen molar-refractivity contribution >= 4 is 27.4 Å². The molecule has 2 aromatic rings. The molecule has 0 bridgehead atoms. The molecule has 9 heteroatoms. The van der Waals surface area contributed by atoms with E-state index in [1.165, 1.54) is 22.7 Å². The summed E-state index contributed by atoms with van der Waals surface area (Å²) in [6, 6.07) is 6.49. The van der Waals surface area contributed by atoms with Crippen molar-refractivity contribution in [2.45, 2.75) is 18.8 Å². The van der Waals surface area contributed by atoms with Crippen LogP contribution >= 0.6 is 11.6 Å². The highest BCUT2D eigenvalue weighted by Crippen LogP contribution is 2.41. The summed E-state index contributed by atoms with van der Waals surface area (Å²) in [4.78, 5) is 11.0. The van der Waals surface area contributed by atoms with E-state index in [4.69, 9.17) is 11.6 Å². The van der Waals surface area contributed by atoms with E-state index in [0.29, 0.717) is 26.2 Å². The summed E-state index contributed by atoms with van der Waals surface area (Å²) in [5, 5.41) is 0.184. The molecule has 0 amide bonds. The zero-order chi connectivity index (χ0) is 19.2. The van der Waals surface area contributed by atoms with Crippen LogP contribution in [0.4, 0.5) is 10.2 Å². The largest absolute Gasteiger partial charge is 0.354 e. The fourth-order valence-corrected chi connectivity index (χ4v) is 4.93. The minimum absolute atomic E-state index is 0.0668. The van der Waals surface area contributed by atoms with Gasteiger partial charge in [0.2, 0.25) is 15.3 Å². The third-order valence-corrected chi connectivity index (χ3v) is 6.75. The Balaban J connectivity index is 1.63. The fourth-order valence-electron chi connectivity index (χ4n) is 3.93. The average Bonchev–Trinajstić information content (AvgIpc) is 3.05. The maximum Gasteiger partial charge on any atom is 0.224 e. The van der Waals surface area contributed by atoms with Gasteiger partial charge in [-0.1, -0.05) is 12.1 Å². The highest BCUT2D eigenvalue weighted by atomic mass is 35.5. The summed E-state index contributed by atoms with van der Waals surface area (Å²) in [5.41, 5.74) is 2.96.